The van der Waals surface area contributed by atoms with Crippen LogP contribution in [-0.2, 0) is 6.54 Å². The number of carbonyl (C=O) groups excluding carboxylic acids is 1. The molecule has 0 fully saturated rings. The number of halogens is 1. The predicted octanol–water partition coefficient (Wildman–Crippen LogP) is 2.16. The summed E-state index contributed by atoms with van der Waals surface area (Å²) in [4.78, 5) is 16.2. The molecule has 9 heteroatoms. The number of carbonyl (C=O) groups is 1. The molecule has 8 nitrogen and oxygen atoms in total. The van der Waals surface area contributed by atoms with E-state index in [0.29, 0.717) is 23.8 Å². The molecule has 0 aromatic carbocycles. The summed E-state index contributed by atoms with van der Waals surface area (Å²) in [6, 6.07) is 1.17. The van der Waals surface area contributed by atoms with E-state index < -0.39 is 6.04 Å². The Morgan fingerprint density at radius 2 is 2.41 bits per heavy atom. The fourth-order valence-corrected chi connectivity index (χ4v) is 2.14. The van der Waals surface area contributed by atoms with Crippen LogP contribution in [0, 0.1) is 0 Å². The van der Waals surface area contributed by atoms with Crippen molar-refractivity contribution in [1.29, 1.82) is 0 Å². The first-order chi connectivity index (χ1) is 10.6. The van der Waals surface area contributed by atoms with E-state index >= 15 is 0 Å². The van der Waals surface area contributed by atoms with Crippen LogP contribution in [-0.4, -0.2) is 25.8 Å². The van der Waals surface area contributed by atoms with E-state index in [2.05, 4.69) is 36.5 Å². The fraction of sp³-hybridized carbons (Fsp3) is 0.231. The average molecular weight is 366 g/mol. The third-order valence-electron chi connectivity index (χ3n) is 2.89. The maximum Gasteiger partial charge on any atom is 0.255 e. The lowest BCUT2D eigenvalue weighted by Crippen LogP contribution is -2.26. The smallest absolute Gasteiger partial charge is 0.255 e. The van der Waals surface area contributed by atoms with Crippen LogP contribution >= 0.6 is 15.9 Å². The summed E-state index contributed by atoms with van der Waals surface area (Å²) in [6.07, 6.45) is 6.29. The summed E-state index contributed by atoms with van der Waals surface area (Å²) in [7, 11) is 0. The molecule has 3 aromatic rings. The zero-order valence-corrected chi connectivity index (χ0v) is 13.1. The second-order valence-corrected chi connectivity index (χ2v) is 5.53. The van der Waals surface area contributed by atoms with Crippen LogP contribution in [0.2, 0.25) is 0 Å². The third kappa shape index (κ3) is 3.25. The average Bonchev–Trinajstić information content (AvgIpc) is 3.20. The van der Waals surface area contributed by atoms with E-state index in [1.54, 1.807) is 30.1 Å². The lowest BCUT2D eigenvalue weighted by atomic mass is 10.2. The van der Waals surface area contributed by atoms with Crippen LogP contribution in [0.5, 0.6) is 0 Å². The number of aromatic nitrogens is 4. The predicted molar refractivity (Wildman–Crippen MR) is 77.9 cm³/mol. The van der Waals surface area contributed by atoms with Gasteiger partial charge in [0.15, 0.2) is 5.82 Å². The fourth-order valence-electron chi connectivity index (χ4n) is 1.81. The first kappa shape index (κ1) is 14.5. The summed E-state index contributed by atoms with van der Waals surface area (Å²) >= 11 is 3.32. The Labute approximate surface area is 133 Å². The molecule has 22 heavy (non-hydrogen) atoms. The van der Waals surface area contributed by atoms with Crippen LogP contribution in [0.1, 0.15) is 35.0 Å². The molecule has 0 aliphatic heterocycles. The minimum atomic E-state index is -0.409. The maximum absolute atomic E-state index is 11.9. The molecule has 114 valence electrons. The normalized spacial score (nSPS) is 12.3. The van der Waals surface area contributed by atoms with Gasteiger partial charge in [-0.3, -0.25) is 9.48 Å². The molecule has 3 rings (SSSR count). The van der Waals surface area contributed by atoms with Crippen LogP contribution in [0.25, 0.3) is 0 Å². The summed E-state index contributed by atoms with van der Waals surface area (Å²) in [5.74, 6) is 0.546. The monoisotopic (exact) mass is 365 g/mol. The van der Waals surface area contributed by atoms with Gasteiger partial charge in [-0.25, -0.2) is 0 Å². The molecule has 3 aromatic heterocycles. The Balaban J connectivity index is 1.64. The number of furan rings is 1. The van der Waals surface area contributed by atoms with Crippen molar-refractivity contribution in [3.8, 4) is 0 Å². The molecule has 0 unspecified atom stereocenters. The van der Waals surface area contributed by atoms with Crippen molar-refractivity contribution in [3.63, 3.8) is 0 Å². The molecule has 3 heterocycles. The minimum Gasteiger partial charge on any atom is -0.472 e. The molecular weight excluding hydrogens is 354 g/mol. The lowest BCUT2D eigenvalue weighted by Gasteiger charge is -2.07. The van der Waals surface area contributed by atoms with Gasteiger partial charge in [-0.2, -0.15) is 10.1 Å². The van der Waals surface area contributed by atoms with Crippen molar-refractivity contribution in [2.45, 2.75) is 19.5 Å². The topological polar surface area (TPSA) is 99.0 Å². The van der Waals surface area contributed by atoms with Crippen LogP contribution in [0.15, 0.2) is 44.4 Å². The van der Waals surface area contributed by atoms with Gasteiger partial charge in [-0.05, 0) is 28.9 Å². The van der Waals surface area contributed by atoms with E-state index in [1.165, 1.54) is 12.5 Å². The molecule has 0 bridgehead atoms. The Kier molecular flexibility index (Phi) is 4.05. The quantitative estimate of drug-likeness (QED) is 0.743. The standard InChI is InChI=1S/C13H12BrN5O3/c1-8(16-12(20)9-2-3-21-7-9)13-17-11(18-22-13)6-19-5-10(14)4-15-19/h2-5,7-8H,6H2,1H3,(H,16,20)/t8-/m1/s1. The number of hydrogen-bond acceptors (Lipinski definition) is 6. The van der Waals surface area contributed by atoms with Crippen molar-refractivity contribution in [3.05, 3.63) is 52.7 Å². The zero-order valence-electron chi connectivity index (χ0n) is 11.6. The third-order valence-corrected chi connectivity index (χ3v) is 3.30. The van der Waals surface area contributed by atoms with E-state index in [9.17, 15) is 4.79 Å². The molecule has 1 amide bonds. The number of hydrogen-bond donors (Lipinski definition) is 1. The van der Waals surface area contributed by atoms with Gasteiger partial charge in [0.2, 0.25) is 5.89 Å². The van der Waals surface area contributed by atoms with Gasteiger partial charge in [0, 0.05) is 6.20 Å². The van der Waals surface area contributed by atoms with Gasteiger partial charge in [-0.1, -0.05) is 5.16 Å². The highest BCUT2D eigenvalue weighted by molar-refractivity contribution is 9.10. The van der Waals surface area contributed by atoms with Crippen molar-refractivity contribution in [1.82, 2.24) is 25.2 Å². The molecule has 0 spiro atoms. The Morgan fingerprint density at radius 3 is 3.09 bits per heavy atom. The van der Waals surface area contributed by atoms with Crippen LogP contribution < -0.4 is 5.32 Å². The zero-order chi connectivity index (χ0) is 15.5. The second-order valence-electron chi connectivity index (χ2n) is 4.61. The molecule has 0 aliphatic rings. The summed E-state index contributed by atoms with van der Waals surface area (Å²) in [5.41, 5.74) is 0.438. The first-order valence-corrected chi connectivity index (χ1v) is 7.24. The Hall–Kier alpha value is -2.42. The van der Waals surface area contributed by atoms with E-state index in [4.69, 9.17) is 8.94 Å². The molecule has 0 radical (unpaired) electrons. The van der Waals surface area contributed by atoms with Crippen molar-refractivity contribution in [2.24, 2.45) is 0 Å². The van der Waals surface area contributed by atoms with Crippen molar-refractivity contribution < 1.29 is 13.7 Å². The number of nitrogens with one attached hydrogen (secondary N) is 1. The van der Waals surface area contributed by atoms with Gasteiger partial charge in [-0.15, -0.1) is 0 Å². The SMILES string of the molecule is C[C@@H](NC(=O)c1ccoc1)c1nc(Cn2cc(Br)cn2)no1. The lowest BCUT2D eigenvalue weighted by molar-refractivity contribution is 0.0932. The van der Waals surface area contributed by atoms with Crippen LogP contribution in [0.3, 0.4) is 0 Å². The van der Waals surface area contributed by atoms with Crippen LogP contribution in [0.4, 0.5) is 0 Å². The highest BCUT2D eigenvalue weighted by Gasteiger charge is 2.18. The van der Waals surface area contributed by atoms with Gasteiger partial charge < -0.3 is 14.3 Å². The van der Waals surface area contributed by atoms with Gasteiger partial charge in [0.25, 0.3) is 5.91 Å². The molecule has 0 saturated carbocycles. The van der Waals surface area contributed by atoms with Gasteiger partial charge >= 0.3 is 0 Å². The molecule has 0 aliphatic carbocycles. The Bertz CT molecular complexity index is 764. The highest BCUT2D eigenvalue weighted by Crippen LogP contribution is 2.12. The first-order valence-electron chi connectivity index (χ1n) is 6.45. The summed E-state index contributed by atoms with van der Waals surface area (Å²) < 4.78 is 12.6. The molecule has 1 atom stereocenters. The summed E-state index contributed by atoms with van der Waals surface area (Å²) in [6.45, 7) is 2.15. The van der Waals surface area contributed by atoms with Gasteiger partial charge in [0.05, 0.1) is 22.5 Å². The maximum atomic E-state index is 11.9. The highest BCUT2D eigenvalue weighted by atomic mass is 79.9. The molecule has 0 saturated heterocycles. The number of rotatable bonds is 5. The van der Waals surface area contributed by atoms with Crippen molar-refractivity contribution in [2.75, 3.05) is 0 Å². The Morgan fingerprint density at radius 1 is 1.55 bits per heavy atom. The van der Waals surface area contributed by atoms with E-state index in [-0.39, 0.29) is 5.91 Å². The number of amides is 1. The van der Waals surface area contributed by atoms with E-state index in [0.717, 1.165) is 4.47 Å². The van der Waals surface area contributed by atoms with Gasteiger partial charge in [0.1, 0.15) is 18.8 Å². The summed E-state index contributed by atoms with van der Waals surface area (Å²) in [5, 5.41) is 10.7. The molecular formula is C13H12BrN5O3. The van der Waals surface area contributed by atoms with Crippen molar-refractivity contribution >= 4 is 21.8 Å². The minimum absolute atomic E-state index is 0.267. The number of nitrogens with zero attached hydrogens (tertiary/aromatic N) is 4. The molecule has 1 N–H and O–H groups in total. The second kappa shape index (κ2) is 6.14. The van der Waals surface area contributed by atoms with E-state index in [1.807, 2.05) is 0 Å². The largest absolute Gasteiger partial charge is 0.472 e.